The molecule has 2 heterocycles. The number of aromatic nitrogens is 3. The topological polar surface area (TPSA) is 101 Å². The summed E-state index contributed by atoms with van der Waals surface area (Å²) in [5.41, 5.74) is 0.666. The predicted octanol–water partition coefficient (Wildman–Crippen LogP) is 2.14. The minimum absolute atomic E-state index is 0.0341. The Hall–Kier alpha value is -2.39. The standard InChI is InChI=1S/C13H12ClN5O3S/c1-19(2)13-15-6-8(7-16-13)18-23(20,21)9-3-4-11-10(5-9)12(14)17-22-11/h3-7,18H,1-2H3. The van der Waals surface area contributed by atoms with E-state index in [-0.39, 0.29) is 15.7 Å². The molecule has 0 saturated heterocycles. The molecule has 10 heteroatoms. The number of benzene rings is 1. The zero-order chi connectivity index (χ0) is 16.6. The van der Waals surface area contributed by atoms with Gasteiger partial charge in [-0.15, -0.1) is 0 Å². The van der Waals surface area contributed by atoms with Crippen molar-refractivity contribution in [2.45, 2.75) is 4.90 Å². The minimum atomic E-state index is -3.80. The van der Waals surface area contributed by atoms with Crippen LogP contribution in [0.3, 0.4) is 0 Å². The highest BCUT2D eigenvalue weighted by Gasteiger charge is 2.17. The van der Waals surface area contributed by atoms with Crippen LogP contribution >= 0.6 is 11.6 Å². The van der Waals surface area contributed by atoms with E-state index in [2.05, 4.69) is 19.8 Å². The monoisotopic (exact) mass is 353 g/mol. The highest BCUT2D eigenvalue weighted by atomic mass is 35.5. The number of hydrogen-bond acceptors (Lipinski definition) is 7. The van der Waals surface area contributed by atoms with E-state index < -0.39 is 10.0 Å². The first-order chi connectivity index (χ1) is 10.9. The summed E-state index contributed by atoms with van der Waals surface area (Å²) in [6, 6.07) is 4.29. The molecule has 0 atom stereocenters. The fourth-order valence-electron chi connectivity index (χ4n) is 1.87. The molecule has 1 aromatic carbocycles. The van der Waals surface area contributed by atoms with Crippen molar-refractivity contribution in [2.75, 3.05) is 23.7 Å². The Morgan fingerprint density at radius 2 is 1.91 bits per heavy atom. The van der Waals surface area contributed by atoms with Crippen molar-refractivity contribution in [1.82, 2.24) is 15.1 Å². The number of nitrogens with one attached hydrogen (secondary N) is 1. The van der Waals surface area contributed by atoms with Gasteiger partial charge in [-0.2, -0.15) is 0 Å². The van der Waals surface area contributed by atoms with Gasteiger partial charge in [-0.1, -0.05) is 16.8 Å². The van der Waals surface area contributed by atoms with Crippen LogP contribution in [-0.2, 0) is 10.0 Å². The normalized spacial score (nSPS) is 11.6. The third-order valence-electron chi connectivity index (χ3n) is 3.00. The van der Waals surface area contributed by atoms with E-state index in [0.29, 0.717) is 16.9 Å². The summed E-state index contributed by atoms with van der Waals surface area (Å²) in [4.78, 5) is 9.85. The maximum Gasteiger partial charge on any atom is 0.262 e. The van der Waals surface area contributed by atoms with Gasteiger partial charge in [0, 0.05) is 14.1 Å². The Morgan fingerprint density at radius 3 is 2.57 bits per heavy atom. The van der Waals surface area contributed by atoms with Crippen LogP contribution in [0.15, 0.2) is 40.0 Å². The fraction of sp³-hybridized carbons (Fsp3) is 0.154. The number of anilines is 2. The molecule has 8 nitrogen and oxygen atoms in total. The van der Waals surface area contributed by atoms with Gasteiger partial charge < -0.3 is 9.42 Å². The van der Waals surface area contributed by atoms with Crippen LogP contribution in [0, 0.1) is 0 Å². The second kappa shape index (κ2) is 5.67. The molecule has 0 aliphatic carbocycles. The van der Waals surface area contributed by atoms with Gasteiger partial charge in [-0.3, -0.25) is 4.72 Å². The summed E-state index contributed by atoms with van der Waals surface area (Å²) in [5.74, 6) is 0.477. The second-order valence-corrected chi connectivity index (χ2v) is 6.94. The Morgan fingerprint density at radius 1 is 1.22 bits per heavy atom. The second-order valence-electron chi connectivity index (χ2n) is 4.90. The molecule has 3 rings (SSSR count). The zero-order valence-electron chi connectivity index (χ0n) is 12.2. The molecule has 0 unspecified atom stereocenters. The summed E-state index contributed by atoms with van der Waals surface area (Å²) < 4.78 is 32.2. The Bertz CT molecular complexity index is 953. The Balaban J connectivity index is 1.91. The van der Waals surface area contributed by atoms with Crippen LogP contribution in [0.4, 0.5) is 11.6 Å². The fourth-order valence-corrected chi connectivity index (χ4v) is 3.11. The molecule has 0 aliphatic rings. The molecular weight excluding hydrogens is 342 g/mol. The van der Waals surface area contributed by atoms with Crippen molar-refractivity contribution >= 4 is 44.2 Å². The highest BCUT2D eigenvalue weighted by molar-refractivity contribution is 7.92. The van der Waals surface area contributed by atoms with E-state index in [1.54, 1.807) is 19.0 Å². The van der Waals surface area contributed by atoms with Gasteiger partial charge in [0.1, 0.15) is 0 Å². The van der Waals surface area contributed by atoms with E-state index in [0.717, 1.165) is 0 Å². The van der Waals surface area contributed by atoms with E-state index in [4.69, 9.17) is 16.1 Å². The Labute approximate surface area is 137 Å². The summed E-state index contributed by atoms with van der Waals surface area (Å²) >= 11 is 5.86. The summed E-state index contributed by atoms with van der Waals surface area (Å²) in [6.07, 6.45) is 2.79. The largest absolute Gasteiger partial charge is 0.355 e. The van der Waals surface area contributed by atoms with Crippen LogP contribution in [0.2, 0.25) is 5.15 Å². The number of fused-ring (bicyclic) bond motifs is 1. The van der Waals surface area contributed by atoms with E-state index in [1.807, 2.05) is 0 Å². The maximum atomic E-state index is 12.4. The van der Waals surface area contributed by atoms with Crippen LogP contribution < -0.4 is 9.62 Å². The minimum Gasteiger partial charge on any atom is -0.355 e. The molecule has 0 aliphatic heterocycles. The lowest BCUT2D eigenvalue weighted by Gasteiger charge is -2.11. The summed E-state index contributed by atoms with van der Waals surface area (Å²) in [7, 11) is -0.227. The van der Waals surface area contributed by atoms with E-state index >= 15 is 0 Å². The first kappa shape index (κ1) is 15.5. The van der Waals surface area contributed by atoms with Crippen molar-refractivity contribution < 1.29 is 12.9 Å². The zero-order valence-corrected chi connectivity index (χ0v) is 13.8. The van der Waals surface area contributed by atoms with Crippen LogP contribution in [-0.4, -0.2) is 37.6 Å². The van der Waals surface area contributed by atoms with Crippen LogP contribution in [0.1, 0.15) is 0 Å². The van der Waals surface area contributed by atoms with Gasteiger partial charge in [0.15, 0.2) is 10.7 Å². The lowest BCUT2D eigenvalue weighted by atomic mass is 10.3. The first-order valence-electron chi connectivity index (χ1n) is 6.44. The highest BCUT2D eigenvalue weighted by Crippen LogP contribution is 2.26. The third-order valence-corrected chi connectivity index (χ3v) is 4.65. The molecule has 0 bridgehead atoms. The van der Waals surface area contributed by atoms with Crippen molar-refractivity contribution in [1.29, 1.82) is 0 Å². The van der Waals surface area contributed by atoms with Crippen molar-refractivity contribution in [3.05, 3.63) is 35.7 Å². The first-order valence-corrected chi connectivity index (χ1v) is 8.30. The maximum absolute atomic E-state index is 12.4. The molecule has 2 aromatic heterocycles. The van der Waals surface area contributed by atoms with E-state index in [9.17, 15) is 8.42 Å². The molecule has 23 heavy (non-hydrogen) atoms. The molecule has 3 aromatic rings. The van der Waals surface area contributed by atoms with Crippen molar-refractivity contribution in [3.8, 4) is 0 Å². The van der Waals surface area contributed by atoms with Gasteiger partial charge >= 0.3 is 0 Å². The quantitative estimate of drug-likeness (QED) is 0.766. The van der Waals surface area contributed by atoms with Gasteiger partial charge in [0.25, 0.3) is 10.0 Å². The number of halogens is 1. The molecule has 0 fully saturated rings. The molecule has 0 saturated carbocycles. The van der Waals surface area contributed by atoms with Gasteiger partial charge in [0.2, 0.25) is 5.95 Å². The molecule has 0 spiro atoms. The average molecular weight is 354 g/mol. The number of sulfonamides is 1. The SMILES string of the molecule is CN(C)c1ncc(NS(=O)(=O)c2ccc3onc(Cl)c3c2)cn1. The predicted molar refractivity (Wildman–Crippen MR) is 86.2 cm³/mol. The number of nitrogens with zero attached hydrogens (tertiary/aromatic N) is 4. The lowest BCUT2D eigenvalue weighted by Crippen LogP contribution is -2.15. The lowest BCUT2D eigenvalue weighted by molar-refractivity contribution is 0.457. The molecule has 1 N–H and O–H groups in total. The summed E-state index contributed by atoms with van der Waals surface area (Å²) in [5, 5.41) is 4.11. The molecule has 0 radical (unpaired) electrons. The van der Waals surface area contributed by atoms with E-state index in [1.165, 1.54) is 30.6 Å². The van der Waals surface area contributed by atoms with Gasteiger partial charge in [0.05, 0.1) is 28.4 Å². The number of rotatable bonds is 4. The van der Waals surface area contributed by atoms with Gasteiger partial charge in [-0.05, 0) is 18.2 Å². The molecular formula is C13H12ClN5O3S. The number of hydrogen-bond donors (Lipinski definition) is 1. The van der Waals surface area contributed by atoms with Crippen LogP contribution in [0.5, 0.6) is 0 Å². The average Bonchev–Trinajstić information content (AvgIpc) is 2.88. The summed E-state index contributed by atoms with van der Waals surface area (Å²) in [6.45, 7) is 0. The molecule has 0 amide bonds. The van der Waals surface area contributed by atoms with Crippen molar-refractivity contribution in [2.24, 2.45) is 0 Å². The Kier molecular flexibility index (Phi) is 3.82. The van der Waals surface area contributed by atoms with Crippen LogP contribution in [0.25, 0.3) is 11.0 Å². The third kappa shape index (κ3) is 3.06. The molecule has 120 valence electrons. The smallest absolute Gasteiger partial charge is 0.262 e. The van der Waals surface area contributed by atoms with Gasteiger partial charge in [-0.25, -0.2) is 18.4 Å². The van der Waals surface area contributed by atoms with Crippen molar-refractivity contribution in [3.63, 3.8) is 0 Å².